The number of rotatable bonds is 8. The normalized spacial score (nSPS) is 14.4. The van der Waals surface area contributed by atoms with E-state index in [1.165, 1.54) is 17.7 Å². The largest absolute Gasteiger partial charge is 0.313 e. The summed E-state index contributed by atoms with van der Waals surface area (Å²) >= 11 is 7.89. The Hall–Kier alpha value is -0.180. The molecule has 1 aromatic rings. The molecule has 2 atom stereocenters. The van der Waals surface area contributed by atoms with Gasteiger partial charge < -0.3 is 5.32 Å². The Balaban J connectivity index is 2.51. The third-order valence-corrected chi connectivity index (χ3v) is 4.47. The molecule has 102 valence electrons. The van der Waals surface area contributed by atoms with E-state index in [0.29, 0.717) is 6.04 Å². The van der Waals surface area contributed by atoms with E-state index in [2.05, 4.69) is 32.2 Å². The highest BCUT2D eigenvalue weighted by Crippen LogP contribution is 2.24. The molecule has 1 rings (SSSR count). The zero-order valence-electron chi connectivity index (χ0n) is 11.6. The van der Waals surface area contributed by atoms with E-state index in [9.17, 15) is 0 Å². The van der Waals surface area contributed by atoms with Crippen LogP contribution in [0.1, 0.15) is 33.6 Å². The highest BCUT2D eigenvalue weighted by molar-refractivity contribution is 7.99. The van der Waals surface area contributed by atoms with Crippen LogP contribution in [-0.2, 0) is 0 Å². The number of halogens is 1. The molecule has 0 aromatic heterocycles. The molecule has 1 aromatic carbocycles. The van der Waals surface area contributed by atoms with Crippen molar-refractivity contribution in [1.29, 1.82) is 0 Å². The van der Waals surface area contributed by atoms with Crippen molar-refractivity contribution in [2.45, 2.75) is 44.6 Å². The minimum absolute atomic E-state index is 0.582. The molecule has 1 nitrogen and oxygen atoms in total. The molecule has 0 bridgehead atoms. The van der Waals surface area contributed by atoms with Crippen LogP contribution in [0.25, 0.3) is 0 Å². The van der Waals surface area contributed by atoms with Crippen LogP contribution in [0.3, 0.4) is 0 Å². The first-order valence-corrected chi connectivity index (χ1v) is 8.15. The van der Waals surface area contributed by atoms with E-state index >= 15 is 0 Å². The van der Waals surface area contributed by atoms with Crippen molar-refractivity contribution in [1.82, 2.24) is 5.32 Å². The molecule has 0 fully saturated rings. The summed E-state index contributed by atoms with van der Waals surface area (Å²) in [6.45, 7) is 7.81. The predicted molar refractivity (Wildman–Crippen MR) is 83.7 cm³/mol. The number of hydrogen-bond donors (Lipinski definition) is 1. The van der Waals surface area contributed by atoms with E-state index in [1.54, 1.807) is 0 Å². The van der Waals surface area contributed by atoms with E-state index in [1.807, 2.05) is 30.0 Å². The number of nitrogens with one attached hydrogen (secondary N) is 1. The maximum absolute atomic E-state index is 6.00. The fourth-order valence-corrected chi connectivity index (χ4v) is 3.54. The SMILES string of the molecule is CCCC(C)C(CSc1cccc(Cl)c1)NCC. The van der Waals surface area contributed by atoms with Crippen molar-refractivity contribution in [2.75, 3.05) is 12.3 Å². The van der Waals surface area contributed by atoms with Crippen LogP contribution >= 0.6 is 23.4 Å². The van der Waals surface area contributed by atoms with Crippen molar-refractivity contribution in [2.24, 2.45) is 5.92 Å². The summed E-state index contributed by atoms with van der Waals surface area (Å²) in [7, 11) is 0. The molecule has 0 saturated heterocycles. The van der Waals surface area contributed by atoms with Gasteiger partial charge in [-0.25, -0.2) is 0 Å². The molecule has 18 heavy (non-hydrogen) atoms. The van der Waals surface area contributed by atoms with Crippen LogP contribution in [0.4, 0.5) is 0 Å². The summed E-state index contributed by atoms with van der Waals surface area (Å²) in [6.07, 6.45) is 2.54. The maximum atomic E-state index is 6.00. The zero-order valence-corrected chi connectivity index (χ0v) is 13.2. The predicted octanol–water partition coefficient (Wildman–Crippen LogP) is 4.85. The molecule has 0 aliphatic heterocycles. The summed E-state index contributed by atoms with van der Waals surface area (Å²) in [4.78, 5) is 1.26. The second-order valence-corrected chi connectivity index (χ2v) is 6.23. The molecular weight excluding hydrogens is 262 g/mol. The van der Waals surface area contributed by atoms with Gasteiger partial charge in [-0.15, -0.1) is 11.8 Å². The van der Waals surface area contributed by atoms with E-state index < -0.39 is 0 Å². The smallest absolute Gasteiger partial charge is 0.0417 e. The van der Waals surface area contributed by atoms with Crippen LogP contribution in [-0.4, -0.2) is 18.3 Å². The quantitative estimate of drug-likeness (QED) is 0.686. The highest BCUT2D eigenvalue weighted by atomic mass is 35.5. The van der Waals surface area contributed by atoms with E-state index in [0.717, 1.165) is 23.2 Å². The lowest BCUT2D eigenvalue weighted by Crippen LogP contribution is -2.37. The number of thioether (sulfide) groups is 1. The van der Waals surface area contributed by atoms with Crippen molar-refractivity contribution in [3.05, 3.63) is 29.3 Å². The van der Waals surface area contributed by atoms with Crippen molar-refractivity contribution >= 4 is 23.4 Å². The fourth-order valence-electron chi connectivity index (χ4n) is 2.09. The van der Waals surface area contributed by atoms with Gasteiger partial charge >= 0.3 is 0 Å². The maximum Gasteiger partial charge on any atom is 0.0417 e. The lowest BCUT2D eigenvalue weighted by molar-refractivity contribution is 0.388. The monoisotopic (exact) mass is 285 g/mol. The minimum atomic E-state index is 0.582. The molecule has 0 amide bonds. The molecule has 0 saturated carbocycles. The Labute approximate surface area is 121 Å². The molecule has 0 heterocycles. The first-order valence-electron chi connectivity index (χ1n) is 6.79. The summed E-state index contributed by atoms with van der Waals surface area (Å²) in [6, 6.07) is 8.69. The van der Waals surface area contributed by atoms with E-state index in [4.69, 9.17) is 11.6 Å². The van der Waals surface area contributed by atoms with Crippen molar-refractivity contribution in [3.8, 4) is 0 Å². The van der Waals surface area contributed by atoms with Crippen LogP contribution in [0.5, 0.6) is 0 Å². The Bertz CT molecular complexity index is 343. The first kappa shape index (κ1) is 15.9. The Kier molecular flexibility index (Phi) is 7.80. The topological polar surface area (TPSA) is 12.0 Å². The van der Waals surface area contributed by atoms with Crippen LogP contribution in [0.2, 0.25) is 5.02 Å². The molecule has 0 aliphatic rings. The summed E-state index contributed by atoms with van der Waals surface area (Å²) in [5.41, 5.74) is 0. The van der Waals surface area contributed by atoms with Gasteiger partial charge in [-0.1, -0.05) is 44.9 Å². The van der Waals surface area contributed by atoms with Gasteiger partial charge in [0.05, 0.1) is 0 Å². The van der Waals surface area contributed by atoms with Gasteiger partial charge in [0.2, 0.25) is 0 Å². The average Bonchev–Trinajstić information content (AvgIpc) is 2.35. The summed E-state index contributed by atoms with van der Waals surface area (Å²) in [5.74, 6) is 1.83. The number of benzene rings is 1. The Morgan fingerprint density at radius 3 is 2.72 bits per heavy atom. The fraction of sp³-hybridized carbons (Fsp3) is 0.600. The Morgan fingerprint density at radius 2 is 2.11 bits per heavy atom. The second kappa shape index (κ2) is 8.84. The van der Waals surface area contributed by atoms with Crippen molar-refractivity contribution in [3.63, 3.8) is 0 Å². The molecule has 0 aliphatic carbocycles. The zero-order chi connectivity index (χ0) is 13.4. The van der Waals surface area contributed by atoms with Crippen LogP contribution < -0.4 is 5.32 Å². The standard InChI is InChI=1S/C15H24ClNS/c1-4-7-12(3)15(17-5-2)11-18-14-9-6-8-13(16)10-14/h6,8-10,12,15,17H,4-5,7,11H2,1-3H3. The van der Waals surface area contributed by atoms with Gasteiger partial charge in [0, 0.05) is 21.7 Å². The second-order valence-electron chi connectivity index (χ2n) is 4.70. The third-order valence-electron chi connectivity index (χ3n) is 3.12. The van der Waals surface area contributed by atoms with Crippen LogP contribution in [0.15, 0.2) is 29.2 Å². The van der Waals surface area contributed by atoms with E-state index in [-0.39, 0.29) is 0 Å². The van der Waals surface area contributed by atoms with Gasteiger partial charge in [-0.05, 0) is 37.1 Å². The third kappa shape index (κ3) is 5.64. The van der Waals surface area contributed by atoms with Gasteiger partial charge in [0.1, 0.15) is 0 Å². The molecule has 3 heteroatoms. The molecule has 0 spiro atoms. The van der Waals surface area contributed by atoms with Gasteiger partial charge in [0.25, 0.3) is 0 Å². The molecule has 1 N–H and O–H groups in total. The summed E-state index contributed by atoms with van der Waals surface area (Å²) in [5, 5.41) is 4.42. The lowest BCUT2D eigenvalue weighted by Gasteiger charge is -2.24. The molecular formula is C15H24ClNS. The first-order chi connectivity index (χ1) is 8.67. The van der Waals surface area contributed by atoms with Gasteiger partial charge in [-0.3, -0.25) is 0 Å². The van der Waals surface area contributed by atoms with Gasteiger partial charge in [0.15, 0.2) is 0 Å². The Morgan fingerprint density at radius 1 is 1.33 bits per heavy atom. The molecule has 2 unspecified atom stereocenters. The number of hydrogen-bond acceptors (Lipinski definition) is 2. The van der Waals surface area contributed by atoms with Crippen molar-refractivity contribution < 1.29 is 0 Å². The minimum Gasteiger partial charge on any atom is -0.313 e. The van der Waals surface area contributed by atoms with Crippen LogP contribution in [0, 0.1) is 5.92 Å². The lowest BCUT2D eigenvalue weighted by atomic mass is 9.98. The highest BCUT2D eigenvalue weighted by Gasteiger charge is 2.15. The molecule has 0 radical (unpaired) electrons. The summed E-state index contributed by atoms with van der Waals surface area (Å²) < 4.78 is 0. The average molecular weight is 286 g/mol. The van der Waals surface area contributed by atoms with Gasteiger partial charge in [-0.2, -0.15) is 0 Å².